The molecule has 7 nitrogen and oxygen atoms in total. The number of hydrogen-bond donors (Lipinski definition) is 1. The third-order valence-corrected chi connectivity index (χ3v) is 3.80. The number of carbonyl (C=O) groups excluding carboxylic acids is 1. The second-order valence-corrected chi connectivity index (χ2v) is 5.55. The summed E-state index contributed by atoms with van der Waals surface area (Å²) >= 11 is 0. The highest BCUT2D eigenvalue weighted by Crippen LogP contribution is 2.38. The van der Waals surface area contributed by atoms with Crippen molar-refractivity contribution in [3.05, 3.63) is 35.9 Å². The molecular weight excluding hydrogens is 296 g/mol. The molecule has 1 saturated carbocycles. The highest BCUT2D eigenvalue weighted by molar-refractivity contribution is 5.77. The largest absolute Gasteiger partial charge is 0.497 e. The van der Waals surface area contributed by atoms with Gasteiger partial charge in [0.2, 0.25) is 0 Å². The molecule has 3 rings (SSSR count). The summed E-state index contributed by atoms with van der Waals surface area (Å²) in [5.41, 5.74) is 0. The van der Waals surface area contributed by atoms with E-state index in [4.69, 9.17) is 9.47 Å². The highest BCUT2D eigenvalue weighted by atomic mass is 16.5. The summed E-state index contributed by atoms with van der Waals surface area (Å²) < 4.78 is 12.5. The van der Waals surface area contributed by atoms with Gasteiger partial charge in [-0.1, -0.05) is 6.07 Å². The quantitative estimate of drug-likeness (QED) is 0.835. The van der Waals surface area contributed by atoms with E-state index in [2.05, 4.69) is 15.5 Å². The fraction of sp³-hybridized carbons (Fsp3) is 0.438. The van der Waals surface area contributed by atoms with E-state index in [1.807, 2.05) is 23.7 Å². The van der Waals surface area contributed by atoms with Crippen LogP contribution in [0.25, 0.3) is 0 Å². The lowest BCUT2D eigenvalue weighted by molar-refractivity contribution is -0.123. The number of ether oxygens (including phenoxy) is 2. The lowest BCUT2D eigenvalue weighted by Gasteiger charge is -2.08. The lowest BCUT2D eigenvalue weighted by atomic mass is 10.3. The molecule has 1 aromatic heterocycles. The molecule has 0 radical (unpaired) electrons. The zero-order valence-corrected chi connectivity index (χ0v) is 13.3. The van der Waals surface area contributed by atoms with Crippen LogP contribution in [0.1, 0.15) is 30.4 Å². The Kier molecular flexibility index (Phi) is 4.45. The van der Waals surface area contributed by atoms with Gasteiger partial charge in [-0.3, -0.25) is 4.79 Å². The molecule has 1 aliphatic rings. The van der Waals surface area contributed by atoms with Crippen molar-refractivity contribution in [1.29, 1.82) is 0 Å². The molecule has 1 N–H and O–H groups in total. The van der Waals surface area contributed by atoms with Crippen LogP contribution in [0, 0.1) is 0 Å². The molecule has 1 aromatic carbocycles. The van der Waals surface area contributed by atoms with Gasteiger partial charge in [0, 0.05) is 19.0 Å². The van der Waals surface area contributed by atoms with Crippen LogP contribution in [0.15, 0.2) is 24.3 Å². The predicted molar refractivity (Wildman–Crippen MR) is 83.3 cm³/mol. The molecule has 122 valence electrons. The number of nitrogens with zero attached hydrogens (tertiary/aromatic N) is 3. The summed E-state index contributed by atoms with van der Waals surface area (Å²) in [6, 6.07) is 7.14. The predicted octanol–water partition coefficient (Wildman–Crippen LogP) is 1.40. The number of nitrogens with one attached hydrogen (secondary N) is 1. The van der Waals surface area contributed by atoms with Crippen molar-refractivity contribution >= 4 is 5.91 Å². The number of hydrogen-bond acceptors (Lipinski definition) is 5. The van der Waals surface area contributed by atoms with Crippen LogP contribution in [0.3, 0.4) is 0 Å². The first-order valence-corrected chi connectivity index (χ1v) is 7.59. The molecule has 0 aliphatic heterocycles. The van der Waals surface area contributed by atoms with E-state index in [0.29, 0.717) is 24.0 Å². The Morgan fingerprint density at radius 3 is 2.87 bits per heavy atom. The molecule has 0 bridgehead atoms. The summed E-state index contributed by atoms with van der Waals surface area (Å²) in [6.45, 7) is 0.289. The van der Waals surface area contributed by atoms with Gasteiger partial charge in [-0.15, -0.1) is 10.2 Å². The second kappa shape index (κ2) is 6.68. The topological polar surface area (TPSA) is 78.3 Å². The average molecular weight is 316 g/mol. The minimum absolute atomic E-state index is 0.0551. The molecule has 1 heterocycles. The fourth-order valence-electron chi connectivity index (χ4n) is 2.29. The number of benzene rings is 1. The van der Waals surface area contributed by atoms with Crippen LogP contribution in [-0.4, -0.2) is 34.4 Å². The summed E-state index contributed by atoms with van der Waals surface area (Å²) in [4.78, 5) is 11.9. The lowest BCUT2D eigenvalue weighted by Crippen LogP contribution is -2.29. The van der Waals surface area contributed by atoms with Crippen molar-refractivity contribution in [1.82, 2.24) is 20.1 Å². The maximum absolute atomic E-state index is 11.9. The van der Waals surface area contributed by atoms with Gasteiger partial charge in [0.1, 0.15) is 17.3 Å². The first kappa shape index (κ1) is 15.3. The molecule has 1 amide bonds. The minimum Gasteiger partial charge on any atom is -0.497 e. The Hall–Kier alpha value is -2.57. The molecule has 7 heteroatoms. The molecule has 0 saturated heterocycles. The first-order chi connectivity index (χ1) is 11.2. The number of rotatable bonds is 7. The van der Waals surface area contributed by atoms with Gasteiger partial charge >= 0.3 is 0 Å². The summed E-state index contributed by atoms with van der Waals surface area (Å²) in [5.74, 6) is 3.37. The summed E-state index contributed by atoms with van der Waals surface area (Å²) in [7, 11) is 3.52. The van der Waals surface area contributed by atoms with Crippen molar-refractivity contribution in [3.8, 4) is 11.5 Å². The number of carbonyl (C=O) groups is 1. The minimum atomic E-state index is -0.205. The van der Waals surface area contributed by atoms with Crippen molar-refractivity contribution in [2.24, 2.45) is 7.05 Å². The van der Waals surface area contributed by atoms with Crippen molar-refractivity contribution in [2.45, 2.75) is 25.3 Å². The van der Waals surface area contributed by atoms with Crippen molar-refractivity contribution in [3.63, 3.8) is 0 Å². The Labute approximate surface area is 134 Å². The van der Waals surface area contributed by atoms with E-state index in [0.717, 1.165) is 11.6 Å². The zero-order valence-electron chi connectivity index (χ0n) is 13.3. The third-order valence-electron chi connectivity index (χ3n) is 3.80. The Morgan fingerprint density at radius 1 is 1.35 bits per heavy atom. The van der Waals surface area contributed by atoms with E-state index >= 15 is 0 Å². The highest BCUT2D eigenvalue weighted by Gasteiger charge is 2.29. The van der Waals surface area contributed by atoms with Crippen LogP contribution < -0.4 is 14.8 Å². The van der Waals surface area contributed by atoms with Gasteiger partial charge in [-0.25, -0.2) is 0 Å². The van der Waals surface area contributed by atoms with Crippen LogP contribution in [0.4, 0.5) is 0 Å². The Bertz CT molecular complexity index is 694. The third kappa shape index (κ3) is 3.80. The Morgan fingerprint density at radius 2 is 2.13 bits per heavy atom. The molecule has 23 heavy (non-hydrogen) atoms. The van der Waals surface area contributed by atoms with E-state index in [-0.39, 0.29) is 12.5 Å². The van der Waals surface area contributed by atoms with Gasteiger partial charge in [0.05, 0.1) is 13.7 Å². The normalized spacial score (nSPS) is 13.7. The summed E-state index contributed by atoms with van der Waals surface area (Å²) in [6.07, 6.45) is 2.35. The van der Waals surface area contributed by atoms with Crippen molar-refractivity contribution < 1.29 is 14.3 Å². The Balaban J connectivity index is 1.47. The van der Waals surface area contributed by atoms with E-state index < -0.39 is 0 Å². The van der Waals surface area contributed by atoms with E-state index in [1.54, 1.807) is 19.2 Å². The maximum Gasteiger partial charge on any atom is 0.258 e. The van der Waals surface area contributed by atoms with Crippen LogP contribution in [0.2, 0.25) is 0 Å². The van der Waals surface area contributed by atoms with Crippen LogP contribution in [0.5, 0.6) is 11.5 Å². The molecule has 1 fully saturated rings. The van der Waals surface area contributed by atoms with Gasteiger partial charge in [-0.05, 0) is 25.0 Å². The van der Waals surface area contributed by atoms with E-state index in [1.165, 1.54) is 12.8 Å². The number of aromatic nitrogens is 3. The molecule has 1 aliphatic carbocycles. The number of amides is 1. The average Bonchev–Trinajstić information content (AvgIpc) is 3.35. The molecule has 0 spiro atoms. The first-order valence-electron chi connectivity index (χ1n) is 7.59. The summed E-state index contributed by atoms with van der Waals surface area (Å²) in [5, 5.41) is 11.1. The maximum atomic E-state index is 11.9. The smallest absolute Gasteiger partial charge is 0.258 e. The SMILES string of the molecule is COc1cccc(OCC(=O)NCc2nnc(C3CC3)n2C)c1. The molecular formula is C16H20N4O3. The second-order valence-electron chi connectivity index (χ2n) is 5.55. The van der Waals surface area contributed by atoms with Gasteiger partial charge in [0.25, 0.3) is 5.91 Å². The molecule has 2 aromatic rings. The van der Waals surface area contributed by atoms with Crippen LogP contribution in [-0.2, 0) is 18.4 Å². The zero-order chi connectivity index (χ0) is 16.2. The van der Waals surface area contributed by atoms with Gasteiger partial charge < -0.3 is 19.4 Å². The van der Waals surface area contributed by atoms with Crippen molar-refractivity contribution in [2.75, 3.05) is 13.7 Å². The van der Waals surface area contributed by atoms with Crippen LogP contribution >= 0.6 is 0 Å². The van der Waals surface area contributed by atoms with Gasteiger partial charge in [0.15, 0.2) is 12.4 Å². The number of methoxy groups -OCH3 is 1. The van der Waals surface area contributed by atoms with Gasteiger partial charge in [-0.2, -0.15) is 0 Å². The molecule has 0 unspecified atom stereocenters. The van der Waals surface area contributed by atoms with E-state index in [9.17, 15) is 4.79 Å². The fourth-order valence-corrected chi connectivity index (χ4v) is 2.29. The standard InChI is InChI=1S/C16H20N4O3/c1-20-14(18-19-16(20)11-6-7-11)9-17-15(21)10-23-13-5-3-4-12(8-13)22-2/h3-5,8,11H,6-7,9-10H2,1-2H3,(H,17,21). The molecule has 0 atom stereocenters. The monoisotopic (exact) mass is 316 g/mol.